The van der Waals surface area contributed by atoms with E-state index in [2.05, 4.69) is 10.2 Å². The highest BCUT2D eigenvalue weighted by molar-refractivity contribution is 5.91. The van der Waals surface area contributed by atoms with Crippen molar-refractivity contribution < 1.29 is 33.5 Å². The number of carbonyl (C=O) groups is 3. The molecule has 9 nitrogen and oxygen atoms in total. The van der Waals surface area contributed by atoms with Crippen LogP contribution in [0.25, 0.3) is 0 Å². The van der Waals surface area contributed by atoms with Crippen molar-refractivity contribution >= 4 is 17.9 Å². The second-order valence-corrected chi connectivity index (χ2v) is 5.64. The molecular formula is C13H16FN3O6. The largest absolute Gasteiger partial charge is 0.477 e. The Morgan fingerprint density at radius 2 is 2.22 bits per heavy atom. The molecule has 0 aromatic carbocycles. The summed E-state index contributed by atoms with van der Waals surface area (Å²) in [5, 5.41) is 12.0. The van der Waals surface area contributed by atoms with Crippen LogP contribution < -0.4 is 5.32 Å². The first-order chi connectivity index (χ1) is 10.9. The van der Waals surface area contributed by atoms with Crippen LogP contribution in [0.3, 0.4) is 0 Å². The van der Waals surface area contributed by atoms with E-state index in [0.717, 1.165) is 0 Å². The predicted octanol–water partition coefficient (Wildman–Crippen LogP) is -0.752. The second-order valence-electron chi connectivity index (χ2n) is 5.64. The van der Waals surface area contributed by atoms with Gasteiger partial charge in [-0.2, -0.15) is 5.06 Å². The third-order valence-electron chi connectivity index (χ3n) is 3.95. The number of aliphatic carboxylic acids is 1. The lowest BCUT2D eigenvalue weighted by atomic mass is 9.99. The number of nitrogens with one attached hydrogen (secondary N) is 1. The molecule has 0 aromatic rings. The lowest BCUT2D eigenvalue weighted by Gasteiger charge is -2.33. The summed E-state index contributed by atoms with van der Waals surface area (Å²) in [6, 6.07) is -2.27. The van der Waals surface area contributed by atoms with Crippen molar-refractivity contribution in [3.63, 3.8) is 0 Å². The van der Waals surface area contributed by atoms with Gasteiger partial charge < -0.3 is 20.1 Å². The van der Waals surface area contributed by atoms with Crippen LogP contribution in [0.4, 0.5) is 9.18 Å². The van der Waals surface area contributed by atoms with Crippen molar-refractivity contribution in [2.24, 2.45) is 0 Å². The minimum absolute atomic E-state index is 0.0830. The van der Waals surface area contributed by atoms with Crippen molar-refractivity contribution in [3.8, 4) is 0 Å². The normalized spacial score (nSPS) is 28.3. The Bertz CT molecular complexity index is 578. The summed E-state index contributed by atoms with van der Waals surface area (Å²) in [4.78, 5) is 41.0. The molecular weight excluding hydrogens is 313 g/mol. The third kappa shape index (κ3) is 2.75. The molecule has 0 saturated carbocycles. The maximum absolute atomic E-state index is 13.2. The van der Waals surface area contributed by atoms with E-state index in [4.69, 9.17) is 9.84 Å². The van der Waals surface area contributed by atoms with Crippen molar-refractivity contribution in [1.82, 2.24) is 15.3 Å². The molecule has 0 radical (unpaired) electrons. The van der Waals surface area contributed by atoms with E-state index in [0.29, 0.717) is 23.9 Å². The molecule has 0 aliphatic carbocycles. The number of nitrogens with zero attached hydrogens (tertiary/aromatic N) is 2. The van der Waals surface area contributed by atoms with E-state index < -0.39 is 30.4 Å². The number of hydrogen-bond donors (Lipinski definition) is 2. The van der Waals surface area contributed by atoms with Gasteiger partial charge in [-0.05, 0) is 12.5 Å². The maximum Gasteiger partial charge on any atom is 0.368 e. The van der Waals surface area contributed by atoms with Gasteiger partial charge in [-0.1, -0.05) is 6.08 Å². The number of amides is 3. The van der Waals surface area contributed by atoms with Crippen LogP contribution in [0.2, 0.25) is 0 Å². The van der Waals surface area contributed by atoms with Gasteiger partial charge in [-0.25, -0.2) is 18.8 Å². The van der Waals surface area contributed by atoms with Gasteiger partial charge in [0.1, 0.15) is 6.04 Å². The predicted molar refractivity (Wildman–Crippen MR) is 71.6 cm³/mol. The van der Waals surface area contributed by atoms with E-state index in [-0.39, 0.29) is 18.5 Å². The Hall–Kier alpha value is -2.20. The number of carbonyl (C=O) groups excluding carboxylic acids is 2. The zero-order chi connectivity index (χ0) is 16.7. The van der Waals surface area contributed by atoms with Gasteiger partial charge in [0.2, 0.25) is 5.91 Å². The maximum atomic E-state index is 13.2. The third-order valence-corrected chi connectivity index (χ3v) is 3.95. The molecule has 2 fully saturated rings. The Balaban J connectivity index is 1.73. The van der Waals surface area contributed by atoms with Gasteiger partial charge in [-0.3, -0.25) is 4.79 Å². The number of hydroxylamine groups is 2. The summed E-state index contributed by atoms with van der Waals surface area (Å²) in [6.45, 7) is 2.66. The molecule has 3 aliphatic rings. The first-order valence-corrected chi connectivity index (χ1v) is 7.08. The molecule has 126 valence electrons. The van der Waals surface area contributed by atoms with Crippen molar-refractivity contribution in [3.05, 3.63) is 11.6 Å². The van der Waals surface area contributed by atoms with E-state index >= 15 is 0 Å². The summed E-state index contributed by atoms with van der Waals surface area (Å²) in [5.74, 6) is -2.18. The highest BCUT2D eigenvalue weighted by atomic mass is 19.1. The summed E-state index contributed by atoms with van der Waals surface area (Å²) < 4.78 is 18.2. The van der Waals surface area contributed by atoms with E-state index in [9.17, 15) is 18.8 Å². The molecule has 23 heavy (non-hydrogen) atoms. The van der Waals surface area contributed by atoms with E-state index in [1.54, 1.807) is 13.0 Å². The lowest BCUT2D eigenvalue weighted by Crippen LogP contribution is -2.56. The molecule has 3 rings (SSSR count). The number of carboxylic acids is 1. The summed E-state index contributed by atoms with van der Waals surface area (Å²) >= 11 is 0. The second kappa shape index (κ2) is 5.78. The number of ether oxygens (including phenoxy) is 1. The average Bonchev–Trinajstić information content (AvgIpc) is 2.68. The van der Waals surface area contributed by atoms with E-state index in [1.165, 1.54) is 4.90 Å². The van der Waals surface area contributed by atoms with Crippen LogP contribution in [0.5, 0.6) is 0 Å². The fourth-order valence-electron chi connectivity index (χ4n) is 2.81. The molecule has 0 aromatic heterocycles. The first-order valence-electron chi connectivity index (χ1n) is 7.08. The molecule has 3 atom stereocenters. The smallest absolute Gasteiger partial charge is 0.368 e. The molecule has 0 spiro atoms. The average molecular weight is 329 g/mol. The summed E-state index contributed by atoms with van der Waals surface area (Å²) in [7, 11) is 0. The number of carboxylic acid groups (broad SMARTS) is 1. The molecule has 3 aliphatic heterocycles. The van der Waals surface area contributed by atoms with Gasteiger partial charge in [0.15, 0.2) is 0 Å². The van der Waals surface area contributed by atoms with Crippen molar-refractivity contribution in [2.45, 2.75) is 31.4 Å². The van der Waals surface area contributed by atoms with Gasteiger partial charge in [0.05, 0.1) is 31.8 Å². The summed E-state index contributed by atoms with van der Waals surface area (Å²) in [5.41, 5.74) is 0.615. The molecule has 3 heterocycles. The number of fused-ring (bicyclic) bond motifs is 2. The Kier molecular flexibility index (Phi) is 3.94. The molecule has 2 saturated heterocycles. The Morgan fingerprint density at radius 1 is 1.52 bits per heavy atom. The van der Waals surface area contributed by atoms with Crippen molar-refractivity contribution in [2.75, 3.05) is 19.8 Å². The standard InChI is InChI=1S/C13H16FN3O6/c1-6-2-8-3-16(9(6)11(18)15-7-4-22-5-7)13(21)17(8)23-10(14)12(19)20/h2,7-10H,3-5H2,1H3,(H,15,18)(H,19,20)/t8-,9-,10+/m0/s1. The van der Waals surface area contributed by atoms with E-state index in [1.807, 2.05) is 0 Å². The topological polar surface area (TPSA) is 108 Å². The van der Waals surface area contributed by atoms with Crippen LogP contribution in [-0.4, -0.2) is 77.2 Å². The molecule has 0 unspecified atom stereocenters. The molecule has 3 amide bonds. The fraction of sp³-hybridized carbons (Fsp3) is 0.615. The zero-order valence-corrected chi connectivity index (χ0v) is 12.3. The number of halogens is 1. The molecule has 2 bridgehead atoms. The van der Waals surface area contributed by atoms with Crippen LogP contribution in [0.15, 0.2) is 11.6 Å². The highest BCUT2D eigenvalue weighted by Gasteiger charge is 2.49. The van der Waals surface area contributed by atoms with Gasteiger partial charge in [-0.15, -0.1) is 0 Å². The molecule has 2 N–H and O–H groups in total. The SMILES string of the molecule is CC1=C[C@H]2CN(C(=O)N2O[C@@H](F)C(=O)O)[C@@H]1C(=O)NC1COC1. The van der Waals surface area contributed by atoms with Gasteiger partial charge >= 0.3 is 18.4 Å². The van der Waals surface area contributed by atoms with Crippen LogP contribution in [-0.2, 0) is 19.2 Å². The minimum atomic E-state index is -2.65. The van der Waals surface area contributed by atoms with Crippen LogP contribution in [0, 0.1) is 0 Å². The monoisotopic (exact) mass is 329 g/mol. The van der Waals surface area contributed by atoms with Gasteiger partial charge in [0.25, 0.3) is 0 Å². The highest BCUT2D eigenvalue weighted by Crippen LogP contribution is 2.30. The number of hydrogen-bond acceptors (Lipinski definition) is 5. The minimum Gasteiger partial charge on any atom is -0.477 e. The zero-order valence-electron chi connectivity index (χ0n) is 12.3. The van der Waals surface area contributed by atoms with Crippen LogP contribution >= 0.6 is 0 Å². The first kappa shape index (κ1) is 15.7. The number of rotatable bonds is 5. The quantitative estimate of drug-likeness (QED) is 0.643. The van der Waals surface area contributed by atoms with Crippen LogP contribution in [0.1, 0.15) is 6.92 Å². The lowest BCUT2D eigenvalue weighted by molar-refractivity contribution is -0.219. The number of urea groups is 1. The fourth-order valence-corrected chi connectivity index (χ4v) is 2.81. The van der Waals surface area contributed by atoms with Crippen molar-refractivity contribution in [1.29, 1.82) is 0 Å². The number of alkyl halides is 1. The Morgan fingerprint density at radius 3 is 2.78 bits per heavy atom. The Labute approximate surface area is 130 Å². The summed E-state index contributed by atoms with van der Waals surface area (Å²) in [6.07, 6.45) is -1.04. The molecule has 10 heteroatoms. The van der Waals surface area contributed by atoms with Gasteiger partial charge in [0, 0.05) is 0 Å².